The number of rotatable bonds is 2. The fraction of sp³-hybridized carbons (Fsp3) is 0.389. The lowest BCUT2D eigenvalue weighted by Gasteiger charge is -2.31. The maximum absolute atomic E-state index is 13.4. The predicted octanol–water partition coefficient (Wildman–Crippen LogP) is 2.13. The number of fused-ring (bicyclic) bond motifs is 2. The van der Waals surface area contributed by atoms with Gasteiger partial charge in [-0.15, -0.1) is 0 Å². The van der Waals surface area contributed by atoms with E-state index >= 15 is 0 Å². The first kappa shape index (κ1) is 16.5. The van der Waals surface area contributed by atoms with E-state index in [-0.39, 0.29) is 17.5 Å². The van der Waals surface area contributed by atoms with Crippen LogP contribution in [0, 0.1) is 0 Å². The fourth-order valence-corrected chi connectivity index (χ4v) is 5.09. The quantitative estimate of drug-likeness (QED) is 0.821. The van der Waals surface area contributed by atoms with E-state index in [0.29, 0.717) is 25.6 Å². The topological polar surface area (TPSA) is 68.7 Å². The average Bonchev–Trinajstić information content (AvgIpc) is 3.07. The van der Waals surface area contributed by atoms with Crippen LogP contribution in [0.25, 0.3) is 0 Å². The Morgan fingerprint density at radius 3 is 2.92 bits per heavy atom. The Kier molecular flexibility index (Phi) is 4.23. The molecule has 132 valence electrons. The number of hydrogen-bond acceptors (Lipinski definition) is 5. The third kappa shape index (κ3) is 2.92. The van der Waals surface area contributed by atoms with Crippen molar-refractivity contribution in [3.63, 3.8) is 0 Å². The van der Waals surface area contributed by atoms with Gasteiger partial charge in [-0.1, -0.05) is 18.2 Å². The van der Waals surface area contributed by atoms with Gasteiger partial charge in [-0.05, 0) is 30.2 Å². The smallest absolute Gasteiger partial charge is 0.247 e. The molecule has 1 atom stereocenters. The van der Waals surface area contributed by atoms with Crippen LogP contribution in [0.4, 0.5) is 0 Å². The Morgan fingerprint density at radius 2 is 2.04 bits per heavy atom. The summed E-state index contributed by atoms with van der Waals surface area (Å²) in [6.07, 6.45) is 2.44. The van der Waals surface area contributed by atoms with Gasteiger partial charge in [0.1, 0.15) is 10.6 Å². The van der Waals surface area contributed by atoms with Crippen LogP contribution in [0.2, 0.25) is 0 Å². The van der Waals surface area contributed by atoms with Crippen molar-refractivity contribution >= 4 is 10.0 Å². The molecule has 0 amide bonds. The molecule has 1 aromatic carbocycles. The number of benzene rings is 1. The molecule has 0 radical (unpaired) electrons. The van der Waals surface area contributed by atoms with Gasteiger partial charge in [0.25, 0.3) is 0 Å². The Bertz CT molecular complexity index is 898. The second-order valence-corrected chi connectivity index (χ2v) is 8.23. The molecule has 4 rings (SSSR count). The average molecular weight is 360 g/mol. The van der Waals surface area contributed by atoms with Crippen molar-refractivity contribution < 1.29 is 17.9 Å². The van der Waals surface area contributed by atoms with E-state index in [0.717, 1.165) is 23.2 Å². The zero-order chi connectivity index (χ0) is 17.4. The summed E-state index contributed by atoms with van der Waals surface area (Å²) in [5, 5.41) is 0. The summed E-state index contributed by atoms with van der Waals surface area (Å²) in [6.45, 7) is 3.39. The van der Waals surface area contributed by atoms with Crippen molar-refractivity contribution in [2.75, 3.05) is 13.2 Å². The van der Waals surface area contributed by atoms with Gasteiger partial charge in [-0.25, -0.2) is 8.42 Å². The number of aromatic nitrogens is 1. The van der Waals surface area contributed by atoms with Gasteiger partial charge in [-0.3, -0.25) is 4.98 Å². The normalized spacial score (nSPS) is 20.9. The van der Waals surface area contributed by atoms with Gasteiger partial charge in [-0.2, -0.15) is 4.31 Å². The summed E-state index contributed by atoms with van der Waals surface area (Å²) in [4.78, 5) is 4.56. The lowest BCUT2D eigenvalue weighted by atomic mass is 10.1. The number of pyridine rings is 1. The summed E-state index contributed by atoms with van der Waals surface area (Å²) < 4.78 is 39.6. The zero-order valence-electron chi connectivity index (χ0n) is 14.0. The fourth-order valence-electron chi connectivity index (χ4n) is 3.31. The molecule has 2 aliphatic heterocycles. The predicted molar refractivity (Wildman–Crippen MR) is 91.7 cm³/mol. The molecule has 0 spiro atoms. The van der Waals surface area contributed by atoms with Crippen molar-refractivity contribution in [1.82, 2.24) is 9.29 Å². The second kappa shape index (κ2) is 6.40. The van der Waals surface area contributed by atoms with E-state index in [2.05, 4.69) is 4.98 Å². The van der Waals surface area contributed by atoms with E-state index < -0.39 is 10.0 Å². The van der Waals surface area contributed by atoms with Gasteiger partial charge in [0.15, 0.2) is 0 Å². The molecule has 2 aliphatic rings. The Hall–Kier alpha value is -1.96. The van der Waals surface area contributed by atoms with Crippen LogP contribution in [0.15, 0.2) is 41.4 Å². The molecule has 0 fully saturated rings. The highest BCUT2D eigenvalue weighted by Crippen LogP contribution is 2.35. The van der Waals surface area contributed by atoms with Crippen LogP contribution in [0.5, 0.6) is 5.75 Å². The zero-order valence-corrected chi connectivity index (χ0v) is 14.8. The van der Waals surface area contributed by atoms with E-state index in [1.54, 1.807) is 18.3 Å². The molecule has 0 N–H and O–H groups in total. The molecule has 0 aliphatic carbocycles. The van der Waals surface area contributed by atoms with Crippen molar-refractivity contribution in [3.05, 3.63) is 53.3 Å². The molecule has 25 heavy (non-hydrogen) atoms. The number of ether oxygens (including phenoxy) is 2. The highest BCUT2D eigenvalue weighted by Gasteiger charge is 2.35. The highest BCUT2D eigenvalue weighted by atomic mass is 32.2. The van der Waals surface area contributed by atoms with E-state index in [1.165, 1.54) is 4.31 Å². The lowest BCUT2D eigenvalue weighted by molar-refractivity contribution is 0.0709. The van der Waals surface area contributed by atoms with Gasteiger partial charge < -0.3 is 9.47 Å². The summed E-state index contributed by atoms with van der Waals surface area (Å²) >= 11 is 0. The SMILES string of the molecule is C[C@@H]1COCc2ncccc2CN1S(=O)(=O)c1cccc2c1OCC2. The summed E-state index contributed by atoms with van der Waals surface area (Å²) in [5.74, 6) is 0.490. The van der Waals surface area contributed by atoms with Crippen LogP contribution in [0.1, 0.15) is 23.7 Å². The number of hydrogen-bond donors (Lipinski definition) is 0. The molecule has 2 aromatic rings. The molecule has 6 nitrogen and oxygen atoms in total. The maximum atomic E-state index is 13.4. The molecule has 7 heteroatoms. The van der Waals surface area contributed by atoms with Crippen LogP contribution in [-0.2, 0) is 34.3 Å². The van der Waals surface area contributed by atoms with Crippen molar-refractivity contribution in [2.45, 2.75) is 37.4 Å². The lowest BCUT2D eigenvalue weighted by Crippen LogP contribution is -2.42. The van der Waals surface area contributed by atoms with Gasteiger partial charge in [0.2, 0.25) is 10.0 Å². The van der Waals surface area contributed by atoms with Gasteiger partial charge in [0, 0.05) is 25.2 Å². The van der Waals surface area contributed by atoms with Crippen LogP contribution >= 0.6 is 0 Å². The first-order valence-electron chi connectivity index (χ1n) is 8.34. The van der Waals surface area contributed by atoms with Crippen molar-refractivity contribution in [2.24, 2.45) is 0 Å². The van der Waals surface area contributed by atoms with E-state index in [9.17, 15) is 8.42 Å². The third-order valence-electron chi connectivity index (χ3n) is 4.67. The summed E-state index contributed by atoms with van der Waals surface area (Å²) in [7, 11) is -3.72. The first-order chi connectivity index (χ1) is 12.1. The monoisotopic (exact) mass is 360 g/mol. The van der Waals surface area contributed by atoms with Crippen LogP contribution < -0.4 is 4.74 Å². The van der Waals surface area contributed by atoms with Crippen LogP contribution in [-0.4, -0.2) is 37.0 Å². The molecule has 0 unspecified atom stereocenters. The molecule has 3 heterocycles. The second-order valence-electron chi connectivity index (χ2n) is 6.37. The van der Waals surface area contributed by atoms with Crippen LogP contribution in [0.3, 0.4) is 0 Å². The number of nitrogens with zero attached hydrogens (tertiary/aromatic N) is 2. The molecule has 0 saturated heterocycles. The third-order valence-corrected chi connectivity index (χ3v) is 6.65. The minimum atomic E-state index is -3.72. The molecule has 0 bridgehead atoms. The standard InChI is InChI=1S/C18H20N2O4S/c1-13-11-23-12-16-15(5-3-8-19-16)10-20(13)25(21,22)17-6-2-4-14-7-9-24-18(14)17/h2-6,8,13H,7,9-12H2,1H3/t13-/m1/s1. The Balaban J connectivity index is 1.78. The maximum Gasteiger partial charge on any atom is 0.247 e. The minimum Gasteiger partial charge on any atom is -0.492 e. The molecular formula is C18H20N2O4S. The minimum absolute atomic E-state index is 0.236. The molecule has 1 aromatic heterocycles. The van der Waals surface area contributed by atoms with Crippen molar-refractivity contribution in [3.8, 4) is 5.75 Å². The Morgan fingerprint density at radius 1 is 1.20 bits per heavy atom. The summed E-state index contributed by atoms with van der Waals surface area (Å²) in [5.41, 5.74) is 2.59. The van der Waals surface area contributed by atoms with E-state index in [1.807, 2.05) is 25.1 Å². The number of para-hydroxylation sites is 1. The van der Waals surface area contributed by atoms with Gasteiger partial charge >= 0.3 is 0 Å². The Labute approximate surface area is 147 Å². The molecular weight excluding hydrogens is 340 g/mol. The first-order valence-corrected chi connectivity index (χ1v) is 9.78. The summed E-state index contributed by atoms with van der Waals surface area (Å²) in [6, 6.07) is 8.75. The van der Waals surface area contributed by atoms with Gasteiger partial charge in [0.05, 0.1) is 25.5 Å². The highest BCUT2D eigenvalue weighted by molar-refractivity contribution is 7.89. The van der Waals surface area contributed by atoms with Crippen molar-refractivity contribution in [1.29, 1.82) is 0 Å². The largest absolute Gasteiger partial charge is 0.492 e. The molecule has 0 saturated carbocycles. The van der Waals surface area contributed by atoms with E-state index in [4.69, 9.17) is 9.47 Å². The number of sulfonamides is 1.